The number of hydrogen-bond donors (Lipinski definition) is 1. The van der Waals surface area contributed by atoms with Gasteiger partial charge in [-0.2, -0.15) is 0 Å². The fourth-order valence-corrected chi connectivity index (χ4v) is 10.2. The SMILES string of the molecule is CC(C)CCC[C@@H](C)[C@H]1CC[C@H]2[C@@H]3CC=C4C[C@@H](O)CC(OC(=O)c5ccc(C=CBr)cc5)[C@]4(C)[C@H]3CC[C@]12C. The fraction of sp³-hybridized carbons (Fsp3) is 0.694. The minimum absolute atomic E-state index is 0.196. The summed E-state index contributed by atoms with van der Waals surface area (Å²) in [5, 5.41) is 10.9. The van der Waals surface area contributed by atoms with Crippen LogP contribution in [-0.4, -0.2) is 23.3 Å². The molecule has 4 heteroatoms. The van der Waals surface area contributed by atoms with Crippen LogP contribution in [0.2, 0.25) is 0 Å². The van der Waals surface area contributed by atoms with Crippen LogP contribution >= 0.6 is 15.9 Å². The van der Waals surface area contributed by atoms with Gasteiger partial charge in [-0.25, -0.2) is 4.79 Å². The number of fused-ring (bicyclic) bond motifs is 5. The number of halogens is 1. The van der Waals surface area contributed by atoms with E-state index in [0.717, 1.165) is 42.1 Å². The van der Waals surface area contributed by atoms with Gasteiger partial charge in [0.1, 0.15) is 6.10 Å². The first kappa shape index (κ1) is 30.1. The summed E-state index contributed by atoms with van der Waals surface area (Å²) in [6, 6.07) is 7.57. The normalized spacial score (nSPS) is 38.0. The van der Waals surface area contributed by atoms with Crippen molar-refractivity contribution < 1.29 is 14.6 Å². The molecule has 0 aliphatic heterocycles. The zero-order chi connectivity index (χ0) is 28.7. The number of carbonyl (C=O) groups excluding carboxylic acids is 1. The summed E-state index contributed by atoms with van der Waals surface area (Å²) < 4.78 is 6.36. The van der Waals surface area contributed by atoms with Crippen LogP contribution in [0.1, 0.15) is 115 Å². The van der Waals surface area contributed by atoms with E-state index in [0.29, 0.717) is 29.2 Å². The molecule has 0 amide bonds. The predicted molar refractivity (Wildman–Crippen MR) is 168 cm³/mol. The third kappa shape index (κ3) is 5.53. The lowest BCUT2D eigenvalue weighted by molar-refractivity contribution is -0.113. The lowest BCUT2D eigenvalue weighted by Crippen LogP contribution is -2.56. The highest BCUT2D eigenvalue weighted by molar-refractivity contribution is 9.11. The molecule has 1 aromatic rings. The molecule has 1 unspecified atom stereocenters. The summed E-state index contributed by atoms with van der Waals surface area (Å²) in [6.45, 7) is 12.2. The maximum absolute atomic E-state index is 13.4. The Morgan fingerprint density at radius 2 is 1.85 bits per heavy atom. The number of aliphatic hydroxyl groups excluding tert-OH is 1. The minimum Gasteiger partial charge on any atom is -0.458 e. The molecule has 0 heterocycles. The first-order valence-electron chi connectivity index (χ1n) is 16.0. The average Bonchev–Trinajstić information content (AvgIpc) is 3.27. The summed E-state index contributed by atoms with van der Waals surface area (Å²) in [5.74, 6) is 4.05. The van der Waals surface area contributed by atoms with Gasteiger partial charge in [-0.1, -0.05) is 93.6 Å². The van der Waals surface area contributed by atoms with Gasteiger partial charge in [0.15, 0.2) is 0 Å². The number of aliphatic hydroxyl groups is 1. The van der Waals surface area contributed by atoms with Gasteiger partial charge in [0.25, 0.3) is 0 Å². The molecule has 0 aromatic heterocycles. The van der Waals surface area contributed by atoms with Crippen LogP contribution in [0.15, 0.2) is 40.9 Å². The maximum Gasteiger partial charge on any atom is 0.338 e. The smallest absolute Gasteiger partial charge is 0.338 e. The number of rotatable bonds is 8. The Morgan fingerprint density at radius 1 is 1.10 bits per heavy atom. The standard InChI is InChI=1S/C36H51BrO3/c1-23(2)7-6-8-24(3)30-15-16-31-29-14-13-27-21-28(38)22-33(36(27,5)32(29)17-19-35(30,31)4)40-34(39)26-11-9-25(10-12-26)18-20-37/h9-13,18,20,23-24,28-33,38H,6-8,14-17,19,21-22H2,1-5H3/t24-,28-,29+,30-,31+,32+,33?,35-,36+/m1/s1. The topological polar surface area (TPSA) is 46.5 Å². The van der Waals surface area contributed by atoms with Crippen molar-refractivity contribution in [1.82, 2.24) is 0 Å². The fourth-order valence-electron chi connectivity index (χ4n) is 9.87. The van der Waals surface area contributed by atoms with E-state index in [1.807, 2.05) is 35.3 Å². The Bertz CT molecular complexity index is 1110. The van der Waals surface area contributed by atoms with E-state index in [1.54, 1.807) is 0 Å². The molecule has 40 heavy (non-hydrogen) atoms. The van der Waals surface area contributed by atoms with E-state index in [-0.39, 0.29) is 17.5 Å². The zero-order valence-electron chi connectivity index (χ0n) is 25.4. The summed E-state index contributed by atoms with van der Waals surface area (Å²) in [5.41, 5.74) is 3.17. The van der Waals surface area contributed by atoms with E-state index in [9.17, 15) is 9.90 Å². The van der Waals surface area contributed by atoms with Gasteiger partial charge < -0.3 is 9.84 Å². The molecular formula is C36H51BrO3. The van der Waals surface area contributed by atoms with Gasteiger partial charge in [-0.05, 0) is 108 Å². The summed E-state index contributed by atoms with van der Waals surface area (Å²) >= 11 is 3.31. The Hall–Kier alpha value is -1.39. The van der Waals surface area contributed by atoms with Gasteiger partial charge in [0.05, 0.1) is 11.7 Å². The Labute approximate surface area is 251 Å². The number of carbonyl (C=O) groups is 1. The molecule has 1 aromatic carbocycles. The maximum atomic E-state index is 13.4. The second kappa shape index (κ2) is 12.1. The van der Waals surface area contributed by atoms with Gasteiger partial charge in [-0.3, -0.25) is 0 Å². The van der Waals surface area contributed by atoms with E-state index >= 15 is 0 Å². The Kier molecular flexibility index (Phi) is 9.08. The number of ether oxygens (including phenoxy) is 1. The zero-order valence-corrected chi connectivity index (χ0v) is 27.0. The molecule has 0 radical (unpaired) electrons. The van der Waals surface area contributed by atoms with Crippen molar-refractivity contribution in [3.05, 3.63) is 52.0 Å². The van der Waals surface area contributed by atoms with Crippen LogP contribution < -0.4 is 0 Å². The third-order valence-corrected chi connectivity index (χ3v) is 12.3. The monoisotopic (exact) mass is 610 g/mol. The molecule has 3 fully saturated rings. The van der Waals surface area contributed by atoms with E-state index < -0.39 is 6.10 Å². The van der Waals surface area contributed by atoms with Crippen LogP contribution in [0.25, 0.3) is 6.08 Å². The number of hydrogen-bond acceptors (Lipinski definition) is 3. The molecule has 5 rings (SSSR count). The molecule has 220 valence electrons. The van der Waals surface area contributed by atoms with Gasteiger partial charge in [-0.15, -0.1) is 0 Å². The Morgan fingerprint density at radius 3 is 2.55 bits per heavy atom. The molecule has 1 N–H and O–H groups in total. The van der Waals surface area contributed by atoms with Crippen LogP contribution in [0.5, 0.6) is 0 Å². The second-order valence-electron chi connectivity index (χ2n) is 14.6. The molecule has 4 aliphatic rings. The van der Waals surface area contributed by atoms with E-state index in [4.69, 9.17) is 4.74 Å². The lowest BCUT2D eigenvalue weighted by Gasteiger charge is -2.60. The van der Waals surface area contributed by atoms with Crippen molar-refractivity contribution in [2.75, 3.05) is 0 Å². The molecule has 9 atom stereocenters. The lowest BCUT2D eigenvalue weighted by atomic mass is 9.46. The third-order valence-electron chi connectivity index (χ3n) is 12.0. The van der Waals surface area contributed by atoms with E-state index in [1.165, 1.54) is 50.5 Å². The molecule has 0 saturated heterocycles. The molecule has 0 spiro atoms. The van der Waals surface area contributed by atoms with Crippen LogP contribution in [0.3, 0.4) is 0 Å². The molecule has 4 aliphatic carbocycles. The predicted octanol–water partition coefficient (Wildman–Crippen LogP) is 9.59. The summed E-state index contributed by atoms with van der Waals surface area (Å²) in [6.07, 6.45) is 15.3. The second-order valence-corrected chi connectivity index (χ2v) is 15.1. The highest BCUT2D eigenvalue weighted by atomic mass is 79.9. The highest BCUT2D eigenvalue weighted by Gasteiger charge is 2.61. The average molecular weight is 612 g/mol. The largest absolute Gasteiger partial charge is 0.458 e. The van der Waals surface area contributed by atoms with Crippen molar-refractivity contribution in [2.45, 2.75) is 111 Å². The van der Waals surface area contributed by atoms with Gasteiger partial charge >= 0.3 is 5.97 Å². The van der Waals surface area contributed by atoms with Crippen molar-refractivity contribution in [3.8, 4) is 0 Å². The first-order valence-corrected chi connectivity index (χ1v) is 16.9. The molecule has 0 bridgehead atoms. The number of benzene rings is 1. The minimum atomic E-state index is -0.448. The van der Waals surface area contributed by atoms with Crippen molar-refractivity contribution in [1.29, 1.82) is 0 Å². The number of allylic oxidation sites excluding steroid dienone is 1. The van der Waals surface area contributed by atoms with Gasteiger partial charge in [0, 0.05) is 11.8 Å². The van der Waals surface area contributed by atoms with Crippen LogP contribution in [0.4, 0.5) is 0 Å². The van der Waals surface area contributed by atoms with Crippen LogP contribution in [-0.2, 0) is 4.74 Å². The molecule has 3 saturated carbocycles. The quantitative estimate of drug-likeness (QED) is 0.235. The van der Waals surface area contributed by atoms with Gasteiger partial charge in [0.2, 0.25) is 0 Å². The van der Waals surface area contributed by atoms with Crippen molar-refractivity contribution >= 4 is 28.0 Å². The van der Waals surface area contributed by atoms with Crippen molar-refractivity contribution in [3.63, 3.8) is 0 Å². The van der Waals surface area contributed by atoms with Crippen LogP contribution in [0, 0.1) is 46.3 Å². The highest BCUT2D eigenvalue weighted by Crippen LogP contribution is 2.67. The molecule has 3 nitrogen and oxygen atoms in total. The van der Waals surface area contributed by atoms with E-state index in [2.05, 4.69) is 56.6 Å². The van der Waals surface area contributed by atoms with Crippen molar-refractivity contribution in [2.24, 2.45) is 46.3 Å². The number of esters is 1. The Balaban J connectivity index is 1.35. The summed E-state index contributed by atoms with van der Waals surface area (Å²) in [4.78, 5) is 15.2. The summed E-state index contributed by atoms with van der Waals surface area (Å²) in [7, 11) is 0. The molecular weight excluding hydrogens is 560 g/mol. The first-order chi connectivity index (χ1) is 19.1.